The lowest BCUT2D eigenvalue weighted by molar-refractivity contribution is -0.132. The number of carbonyl (C=O) groups is 2. The van der Waals surface area contributed by atoms with Crippen LogP contribution in [-0.2, 0) is 9.59 Å². The van der Waals surface area contributed by atoms with Crippen molar-refractivity contribution in [1.29, 1.82) is 0 Å². The van der Waals surface area contributed by atoms with E-state index in [-0.39, 0.29) is 23.8 Å². The third kappa shape index (κ3) is 5.91. The van der Waals surface area contributed by atoms with Crippen LogP contribution >= 0.6 is 0 Å². The highest BCUT2D eigenvalue weighted by atomic mass is 19.1. The molecule has 1 heterocycles. The lowest BCUT2D eigenvalue weighted by atomic mass is 9.90. The molecule has 30 heavy (non-hydrogen) atoms. The van der Waals surface area contributed by atoms with Crippen LogP contribution < -0.4 is 16.8 Å². The van der Waals surface area contributed by atoms with E-state index in [1.807, 2.05) is 19.1 Å². The summed E-state index contributed by atoms with van der Waals surface area (Å²) in [6, 6.07) is 4.46. The number of carboxylic acid groups (broad SMARTS) is 1. The number of carboxylic acids is 1. The molecule has 0 saturated heterocycles. The van der Waals surface area contributed by atoms with E-state index in [1.54, 1.807) is 19.1 Å². The van der Waals surface area contributed by atoms with E-state index < -0.39 is 11.9 Å². The molecule has 0 spiro atoms. The minimum Gasteiger partial charge on any atom is -0.477 e. The molecule has 0 fully saturated rings. The molecule has 0 aromatic heterocycles. The lowest BCUT2D eigenvalue weighted by Crippen LogP contribution is -2.24. The van der Waals surface area contributed by atoms with Gasteiger partial charge < -0.3 is 21.9 Å². The highest BCUT2D eigenvalue weighted by molar-refractivity contribution is 6.44. The number of amides is 1. The van der Waals surface area contributed by atoms with Crippen molar-refractivity contribution >= 4 is 23.2 Å². The summed E-state index contributed by atoms with van der Waals surface area (Å²) in [5.74, 6) is -2.15. The Morgan fingerprint density at radius 2 is 2.07 bits per heavy atom. The lowest BCUT2D eigenvalue weighted by Gasteiger charge is -2.18. The van der Waals surface area contributed by atoms with Gasteiger partial charge in [-0.1, -0.05) is 30.7 Å². The van der Waals surface area contributed by atoms with E-state index in [1.165, 1.54) is 18.3 Å². The minimum atomic E-state index is -1.19. The van der Waals surface area contributed by atoms with Crippen molar-refractivity contribution < 1.29 is 19.1 Å². The van der Waals surface area contributed by atoms with E-state index in [0.29, 0.717) is 6.54 Å². The van der Waals surface area contributed by atoms with Crippen molar-refractivity contribution in [2.45, 2.75) is 20.3 Å². The van der Waals surface area contributed by atoms with Gasteiger partial charge in [0, 0.05) is 12.7 Å². The number of aliphatic imine (C=N–C) groups is 1. The maximum absolute atomic E-state index is 13.5. The summed E-state index contributed by atoms with van der Waals surface area (Å²) >= 11 is 0. The van der Waals surface area contributed by atoms with Gasteiger partial charge in [-0.15, -0.1) is 0 Å². The molecule has 0 bridgehead atoms. The number of allylic oxidation sites excluding steroid dienone is 2. The normalized spacial score (nSPS) is 16.2. The molecular weight excluding hydrogens is 387 g/mol. The quantitative estimate of drug-likeness (QED) is 0.486. The second-order valence-corrected chi connectivity index (χ2v) is 6.74. The first-order chi connectivity index (χ1) is 14.2. The Balaban J connectivity index is 2.35. The highest BCUT2D eigenvalue weighted by Crippen LogP contribution is 2.29. The van der Waals surface area contributed by atoms with Crippen LogP contribution in [0.2, 0.25) is 0 Å². The van der Waals surface area contributed by atoms with Crippen LogP contribution in [0.5, 0.6) is 0 Å². The fraction of sp³-hybridized carbons (Fsp3) is 0.227. The van der Waals surface area contributed by atoms with Crippen molar-refractivity contribution in [2.24, 2.45) is 16.5 Å². The van der Waals surface area contributed by atoms with Crippen molar-refractivity contribution in [3.05, 3.63) is 76.4 Å². The molecule has 0 radical (unpaired) electrons. The predicted octanol–water partition coefficient (Wildman–Crippen LogP) is 2.19. The Morgan fingerprint density at radius 1 is 1.33 bits per heavy atom. The first-order valence-electron chi connectivity index (χ1n) is 9.36. The van der Waals surface area contributed by atoms with Gasteiger partial charge in [0.25, 0.3) is 5.91 Å². The number of nitrogens with one attached hydrogen (secondary N) is 1. The summed E-state index contributed by atoms with van der Waals surface area (Å²) < 4.78 is 13.5. The second kappa shape index (κ2) is 10.2. The number of aliphatic carboxylic acids is 1. The van der Waals surface area contributed by atoms with Gasteiger partial charge in [-0.25, -0.2) is 9.18 Å². The number of dihydropyridines is 1. The molecule has 0 unspecified atom stereocenters. The molecule has 6 N–H and O–H groups in total. The Morgan fingerprint density at radius 3 is 2.67 bits per heavy atom. The Hall–Kier alpha value is -3.68. The molecule has 2 rings (SSSR count). The highest BCUT2D eigenvalue weighted by Gasteiger charge is 2.18. The average molecular weight is 412 g/mol. The average Bonchev–Trinajstić information content (AvgIpc) is 2.70. The summed E-state index contributed by atoms with van der Waals surface area (Å²) in [6.45, 7) is 4.44. The number of aryl methyl sites for hydroxylation is 1. The van der Waals surface area contributed by atoms with Gasteiger partial charge in [0.1, 0.15) is 17.2 Å². The van der Waals surface area contributed by atoms with Gasteiger partial charge in [-0.3, -0.25) is 9.79 Å². The van der Waals surface area contributed by atoms with Crippen molar-refractivity contribution in [3.63, 3.8) is 0 Å². The zero-order chi connectivity index (χ0) is 22.3. The van der Waals surface area contributed by atoms with Crippen LogP contribution in [-0.4, -0.2) is 35.8 Å². The van der Waals surface area contributed by atoms with E-state index >= 15 is 0 Å². The predicted molar refractivity (Wildman–Crippen MR) is 115 cm³/mol. The van der Waals surface area contributed by atoms with Crippen LogP contribution in [0.15, 0.2) is 64.5 Å². The topological polar surface area (TPSA) is 131 Å². The van der Waals surface area contributed by atoms with E-state index in [4.69, 9.17) is 16.6 Å². The number of primary amides is 1. The molecule has 7 nitrogen and oxygen atoms in total. The minimum absolute atomic E-state index is 0.168. The maximum atomic E-state index is 13.5. The van der Waals surface area contributed by atoms with E-state index in [9.17, 15) is 14.0 Å². The fourth-order valence-corrected chi connectivity index (χ4v) is 2.88. The number of nitrogens with zero attached hydrogens (tertiary/aromatic N) is 1. The summed E-state index contributed by atoms with van der Waals surface area (Å²) in [6.07, 6.45) is 7.38. The van der Waals surface area contributed by atoms with Crippen LogP contribution in [0, 0.1) is 12.7 Å². The molecule has 1 aliphatic rings. The van der Waals surface area contributed by atoms with Gasteiger partial charge in [-0.2, -0.15) is 0 Å². The number of hydrogen-bond acceptors (Lipinski definition) is 5. The number of nitrogens with two attached hydrogens (primary N) is 2. The summed E-state index contributed by atoms with van der Waals surface area (Å²) in [7, 11) is 0. The Kier molecular flexibility index (Phi) is 7.69. The van der Waals surface area contributed by atoms with E-state index in [0.717, 1.165) is 34.3 Å². The summed E-state index contributed by atoms with van der Waals surface area (Å²) in [4.78, 5) is 26.6. The van der Waals surface area contributed by atoms with Crippen LogP contribution in [0.3, 0.4) is 0 Å². The van der Waals surface area contributed by atoms with Crippen LogP contribution in [0.1, 0.15) is 24.5 Å². The molecule has 0 aliphatic carbocycles. The largest absolute Gasteiger partial charge is 0.477 e. The molecule has 0 saturated carbocycles. The Bertz CT molecular complexity index is 1000. The zero-order valence-corrected chi connectivity index (χ0v) is 16.9. The van der Waals surface area contributed by atoms with Crippen LogP contribution in [0.4, 0.5) is 4.39 Å². The smallest absolute Gasteiger partial charge is 0.353 e. The van der Waals surface area contributed by atoms with Crippen molar-refractivity contribution in [3.8, 4) is 0 Å². The third-order valence-corrected chi connectivity index (χ3v) is 4.59. The van der Waals surface area contributed by atoms with Crippen molar-refractivity contribution in [2.75, 3.05) is 13.1 Å². The zero-order valence-electron chi connectivity index (χ0n) is 16.9. The first kappa shape index (κ1) is 22.6. The molecule has 158 valence electrons. The number of rotatable bonds is 8. The summed E-state index contributed by atoms with van der Waals surface area (Å²) in [5, 5.41) is 11.7. The van der Waals surface area contributed by atoms with Gasteiger partial charge in [0.2, 0.25) is 0 Å². The third-order valence-electron chi connectivity index (χ3n) is 4.59. The van der Waals surface area contributed by atoms with Gasteiger partial charge in [0.15, 0.2) is 0 Å². The Labute approximate surface area is 174 Å². The van der Waals surface area contributed by atoms with Crippen molar-refractivity contribution in [1.82, 2.24) is 5.32 Å². The second-order valence-electron chi connectivity index (χ2n) is 6.74. The van der Waals surface area contributed by atoms with Crippen LogP contribution in [0.25, 0.3) is 5.57 Å². The molecule has 1 aromatic rings. The SMILES string of the molecule is CC/C(=C\C=C1/CN=C(C(N)=O)C=C1c1ccc(F)cc1C)CN/C=C(\N)C(=O)O. The first-order valence-corrected chi connectivity index (χ1v) is 9.36. The molecule has 1 amide bonds. The molecule has 8 heteroatoms. The van der Waals surface area contributed by atoms with Gasteiger partial charge in [-0.05, 0) is 53.8 Å². The van der Waals surface area contributed by atoms with E-state index in [2.05, 4.69) is 10.3 Å². The number of halogens is 1. The molecule has 1 aliphatic heterocycles. The standard InChI is InChI=1S/C22H25FN4O3/c1-3-14(10-26-12-19(24)22(29)30)4-5-15-11-27-20(21(25)28)9-18(15)17-7-6-16(23)8-13(17)2/h4-9,12,26H,3,10-11,24H2,1-2H3,(H2,25,28)(H,29,30)/b14-4+,15-5+,19-12-. The number of hydrogen-bond donors (Lipinski definition) is 4. The fourth-order valence-electron chi connectivity index (χ4n) is 2.88. The number of carbonyl (C=O) groups excluding carboxylic acids is 1. The monoisotopic (exact) mass is 412 g/mol. The molecule has 0 atom stereocenters. The molecular formula is C22H25FN4O3. The number of benzene rings is 1. The maximum Gasteiger partial charge on any atom is 0.353 e. The van der Waals surface area contributed by atoms with Gasteiger partial charge in [0.05, 0.1) is 6.54 Å². The van der Waals surface area contributed by atoms with Gasteiger partial charge >= 0.3 is 5.97 Å². The molecule has 1 aromatic carbocycles. The summed E-state index contributed by atoms with van der Waals surface area (Å²) in [5.41, 5.74) is 14.8.